The minimum atomic E-state index is -1.15. The van der Waals surface area contributed by atoms with Crippen LogP contribution in [0.1, 0.15) is 39.5 Å². The molecule has 0 bridgehead atoms. The maximum absolute atomic E-state index is 12.8. The van der Waals surface area contributed by atoms with Crippen LogP contribution in [0.2, 0.25) is 0 Å². The molecule has 0 rings (SSSR count). The number of carbonyl (C=O) groups excluding carboxylic acids is 3. The monoisotopic (exact) mass is 479 g/mol. The predicted octanol–water partition coefficient (Wildman–Crippen LogP) is -0.679. The molecule has 31 heavy (non-hydrogen) atoms. The van der Waals surface area contributed by atoms with Gasteiger partial charge in [-0.2, -0.15) is 24.4 Å². The van der Waals surface area contributed by atoms with E-state index < -0.39 is 47.9 Å². The van der Waals surface area contributed by atoms with Gasteiger partial charge in [0.1, 0.15) is 18.1 Å². The van der Waals surface area contributed by atoms with Gasteiger partial charge < -0.3 is 32.5 Å². The van der Waals surface area contributed by atoms with Gasteiger partial charge in [-0.1, -0.05) is 20.3 Å². The summed E-state index contributed by atoms with van der Waals surface area (Å²) in [5.74, 6) is -2.57. The van der Waals surface area contributed by atoms with E-state index in [0.717, 1.165) is 6.42 Å². The fourth-order valence-corrected chi connectivity index (χ4v) is 3.38. The van der Waals surface area contributed by atoms with E-state index in [2.05, 4.69) is 28.6 Å². The first-order valence-electron chi connectivity index (χ1n) is 10.3. The average Bonchev–Trinajstić information content (AvgIpc) is 2.72. The number of unbranched alkanes of at least 4 members (excludes halogenated alkanes) is 1. The lowest BCUT2D eigenvalue weighted by Gasteiger charge is -2.26. The van der Waals surface area contributed by atoms with Crippen molar-refractivity contribution in [1.82, 2.24) is 16.0 Å². The molecule has 3 amide bonds. The average molecular weight is 480 g/mol. The molecule has 10 nitrogen and oxygen atoms in total. The zero-order valence-electron chi connectivity index (χ0n) is 18.4. The second-order valence-electron chi connectivity index (χ2n) is 7.55. The number of carboxylic acid groups (broad SMARTS) is 1. The third-order valence-corrected chi connectivity index (χ3v) is 5.60. The van der Waals surface area contributed by atoms with Gasteiger partial charge in [-0.15, -0.1) is 0 Å². The maximum atomic E-state index is 12.8. The molecule has 0 aliphatic heterocycles. The molecule has 12 heteroatoms. The van der Waals surface area contributed by atoms with Gasteiger partial charge in [0.25, 0.3) is 0 Å². The van der Waals surface area contributed by atoms with Gasteiger partial charge in [0.05, 0.1) is 6.04 Å². The number of hydrogen-bond acceptors (Lipinski definition) is 8. The van der Waals surface area contributed by atoms with Crippen LogP contribution < -0.4 is 27.4 Å². The Morgan fingerprint density at radius 1 is 0.968 bits per heavy atom. The number of carboxylic acids is 1. The Hall–Kier alpha value is -1.50. The summed E-state index contributed by atoms with van der Waals surface area (Å²) in [4.78, 5) is 49.0. The van der Waals surface area contributed by atoms with E-state index in [4.69, 9.17) is 11.5 Å². The van der Waals surface area contributed by atoms with Crippen molar-refractivity contribution in [3.8, 4) is 0 Å². The fraction of sp³-hybridized carbons (Fsp3) is 0.789. The van der Waals surface area contributed by atoms with Gasteiger partial charge in [-0.05, 0) is 43.7 Å². The van der Waals surface area contributed by atoms with Crippen LogP contribution in [0.5, 0.6) is 0 Å². The third-order valence-electron chi connectivity index (χ3n) is 4.59. The maximum Gasteiger partial charge on any atom is 0.326 e. The molecule has 0 saturated carbocycles. The van der Waals surface area contributed by atoms with Crippen LogP contribution in [0.15, 0.2) is 0 Å². The number of hydrogen-bond donors (Lipinski definition) is 7. The summed E-state index contributed by atoms with van der Waals surface area (Å²) in [7, 11) is 0. The summed E-state index contributed by atoms with van der Waals surface area (Å²) in [5, 5.41) is 16.9. The molecule has 0 aromatic rings. The molecule has 4 atom stereocenters. The van der Waals surface area contributed by atoms with Crippen molar-refractivity contribution in [3.63, 3.8) is 0 Å². The zero-order chi connectivity index (χ0) is 24.0. The molecule has 0 spiro atoms. The normalized spacial score (nSPS) is 14.9. The van der Waals surface area contributed by atoms with Crippen LogP contribution in [0, 0.1) is 5.92 Å². The zero-order valence-corrected chi connectivity index (χ0v) is 20.1. The van der Waals surface area contributed by atoms with Crippen LogP contribution in [-0.4, -0.2) is 77.3 Å². The molecule has 0 fully saturated rings. The van der Waals surface area contributed by atoms with Crippen molar-refractivity contribution < 1.29 is 24.3 Å². The molecule has 0 aliphatic rings. The molecule has 4 unspecified atom stereocenters. The van der Waals surface area contributed by atoms with E-state index in [1.54, 1.807) is 13.8 Å². The number of aliphatic carboxylic acids is 1. The van der Waals surface area contributed by atoms with E-state index >= 15 is 0 Å². The Balaban J connectivity index is 5.03. The summed E-state index contributed by atoms with van der Waals surface area (Å²) in [6.07, 6.45) is 3.99. The molecule has 0 radical (unpaired) electrons. The number of carbonyl (C=O) groups is 4. The lowest BCUT2D eigenvalue weighted by molar-refractivity contribution is -0.142. The van der Waals surface area contributed by atoms with E-state index in [1.165, 1.54) is 11.8 Å². The molecule has 0 heterocycles. The summed E-state index contributed by atoms with van der Waals surface area (Å²) < 4.78 is 0. The van der Waals surface area contributed by atoms with Crippen LogP contribution >= 0.6 is 24.4 Å². The largest absolute Gasteiger partial charge is 0.480 e. The van der Waals surface area contributed by atoms with Crippen molar-refractivity contribution in [2.24, 2.45) is 17.4 Å². The second kappa shape index (κ2) is 16.2. The van der Waals surface area contributed by atoms with Crippen molar-refractivity contribution >= 4 is 48.1 Å². The Labute approximate surface area is 193 Å². The highest BCUT2D eigenvalue weighted by atomic mass is 32.2. The number of rotatable bonds is 16. The Kier molecular flexibility index (Phi) is 15.4. The Morgan fingerprint density at radius 3 is 2.06 bits per heavy atom. The van der Waals surface area contributed by atoms with E-state index in [1.807, 2.05) is 6.26 Å². The van der Waals surface area contributed by atoms with Gasteiger partial charge in [0.2, 0.25) is 17.7 Å². The van der Waals surface area contributed by atoms with Gasteiger partial charge >= 0.3 is 5.97 Å². The first-order chi connectivity index (χ1) is 14.6. The molecule has 0 aromatic carbocycles. The van der Waals surface area contributed by atoms with Crippen molar-refractivity contribution in [3.05, 3.63) is 0 Å². The molecular formula is C19H37N5O5S2. The smallest absolute Gasteiger partial charge is 0.326 e. The van der Waals surface area contributed by atoms with Crippen LogP contribution in [0.4, 0.5) is 0 Å². The molecule has 180 valence electrons. The second-order valence-corrected chi connectivity index (χ2v) is 8.90. The highest BCUT2D eigenvalue weighted by molar-refractivity contribution is 7.98. The highest BCUT2D eigenvalue weighted by Gasteiger charge is 2.31. The standard InChI is InChI=1S/C19H37N5O5S2/c1-11(2)15(24-16(25)12(21)6-4-5-8-20)18(27)23-14(10-30)17(26)22-13(19(28)29)7-9-31-3/h11-15,30H,4-10,20-21H2,1-3H3,(H,22,26)(H,23,27)(H,24,25)(H,28,29). The predicted molar refractivity (Wildman–Crippen MR) is 126 cm³/mol. The van der Waals surface area contributed by atoms with Gasteiger partial charge in [-0.3, -0.25) is 14.4 Å². The minimum Gasteiger partial charge on any atom is -0.480 e. The van der Waals surface area contributed by atoms with Gasteiger partial charge in [-0.25, -0.2) is 4.79 Å². The SMILES string of the molecule is CSCCC(NC(=O)C(CS)NC(=O)C(NC(=O)C(N)CCCCN)C(C)C)C(=O)O. The number of nitrogens with one attached hydrogen (secondary N) is 3. The number of amides is 3. The van der Waals surface area contributed by atoms with Gasteiger partial charge in [0, 0.05) is 5.75 Å². The summed E-state index contributed by atoms with van der Waals surface area (Å²) in [5.41, 5.74) is 11.3. The number of thioether (sulfide) groups is 1. The number of nitrogens with two attached hydrogens (primary N) is 2. The Bertz CT molecular complexity index is 594. The molecular weight excluding hydrogens is 442 g/mol. The van der Waals surface area contributed by atoms with Crippen molar-refractivity contribution in [2.75, 3.05) is 24.3 Å². The topological polar surface area (TPSA) is 177 Å². The first-order valence-corrected chi connectivity index (χ1v) is 12.3. The molecule has 0 aliphatic carbocycles. The molecule has 0 aromatic heterocycles. The van der Waals surface area contributed by atoms with E-state index in [0.29, 0.717) is 25.1 Å². The lowest BCUT2D eigenvalue weighted by Crippen LogP contribution is -2.58. The fourth-order valence-electron chi connectivity index (χ4n) is 2.66. The summed E-state index contributed by atoms with van der Waals surface area (Å²) in [6, 6.07) is -3.79. The van der Waals surface area contributed by atoms with Crippen LogP contribution in [0.3, 0.4) is 0 Å². The Morgan fingerprint density at radius 2 is 1.58 bits per heavy atom. The lowest BCUT2D eigenvalue weighted by atomic mass is 10.0. The summed E-state index contributed by atoms with van der Waals surface area (Å²) >= 11 is 5.56. The van der Waals surface area contributed by atoms with Gasteiger partial charge in [0.15, 0.2) is 0 Å². The minimum absolute atomic E-state index is 0.0379. The summed E-state index contributed by atoms with van der Waals surface area (Å²) in [6.45, 7) is 4.02. The molecule has 0 saturated heterocycles. The van der Waals surface area contributed by atoms with E-state index in [9.17, 15) is 24.3 Å². The van der Waals surface area contributed by atoms with Crippen LogP contribution in [-0.2, 0) is 19.2 Å². The van der Waals surface area contributed by atoms with E-state index in [-0.39, 0.29) is 18.1 Å². The molecule has 8 N–H and O–H groups in total. The third kappa shape index (κ3) is 11.6. The number of thiol groups is 1. The van der Waals surface area contributed by atoms with Crippen molar-refractivity contribution in [2.45, 2.75) is 63.7 Å². The quantitative estimate of drug-likeness (QED) is 0.112. The van der Waals surface area contributed by atoms with Crippen molar-refractivity contribution in [1.29, 1.82) is 0 Å². The first kappa shape index (κ1) is 29.5. The highest BCUT2D eigenvalue weighted by Crippen LogP contribution is 2.06. The van der Waals surface area contributed by atoms with Crippen LogP contribution in [0.25, 0.3) is 0 Å².